The summed E-state index contributed by atoms with van der Waals surface area (Å²) in [5.41, 5.74) is 0. The first-order valence-electron chi connectivity index (χ1n) is 3.43. The first kappa shape index (κ1) is 10.4. The van der Waals surface area contributed by atoms with E-state index in [9.17, 15) is 0 Å². The standard InChI is InChI=1S/C6H9BrN2OS2/c1-10-3-2-4-11-6-9-8-5(7)12-6/h2-4H2,1H3. The van der Waals surface area contributed by atoms with Crippen molar-refractivity contribution in [3.63, 3.8) is 0 Å². The summed E-state index contributed by atoms with van der Waals surface area (Å²) >= 11 is 6.54. The van der Waals surface area contributed by atoms with E-state index in [0.717, 1.165) is 27.0 Å². The van der Waals surface area contributed by atoms with Crippen LogP contribution in [0.5, 0.6) is 0 Å². The SMILES string of the molecule is COCCCSc1nnc(Br)s1. The molecule has 3 nitrogen and oxygen atoms in total. The summed E-state index contributed by atoms with van der Waals surface area (Å²) in [6, 6.07) is 0. The first-order valence-corrected chi connectivity index (χ1v) is 6.03. The van der Waals surface area contributed by atoms with E-state index in [2.05, 4.69) is 26.1 Å². The maximum Gasteiger partial charge on any atom is 0.184 e. The molecule has 0 saturated heterocycles. The molecule has 1 aromatic heterocycles. The highest BCUT2D eigenvalue weighted by Gasteiger charge is 2.00. The molecule has 0 aromatic carbocycles. The largest absolute Gasteiger partial charge is 0.385 e. The van der Waals surface area contributed by atoms with Crippen molar-refractivity contribution < 1.29 is 4.74 Å². The third-order valence-electron chi connectivity index (χ3n) is 1.10. The molecule has 0 spiro atoms. The van der Waals surface area contributed by atoms with Crippen LogP contribution < -0.4 is 0 Å². The minimum absolute atomic E-state index is 0.812. The zero-order chi connectivity index (χ0) is 8.81. The molecule has 0 N–H and O–H groups in total. The van der Waals surface area contributed by atoms with Gasteiger partial charge in [0.25, 0.3) is 0 Å². The third-order valence-corrected chi connectivity index (χ3v) is 3.68. The Morgan fingerprint density at radius 2 is 2.42 bits per heavy atom. The van der Waals surface area contributed by atoms with Crippen molar-refractivity contribution in [3.05, 3.63) is 3.92 Å². The normalized spacial score (nSPS) is 10.5. The second-order valence-electron chi connectivity index (χ2n) is 2.02. The van der Waals surface area contributed by atoms with Gasteiger partial charge < -0.3 is 4.74 Å². The average molecular weight is 269 g/mol. The van der Waals surface area contributed by atoms with Gasteiger partial charge >= 0.3 is 0 Å². The van der Waals surface area contributed by atoms with Crippen LogP contribution in [0.3, 0.4) is 0 Å². The summed E-state index contributed by atoms with van der Waals surface area (Å²) in [6.45, 7) is 0.812. The van der Waals surface area contributed by atoms with Crippen LogP contribution in [0, 0.1) is 0 Å². The molecule has 0 aliphatic rings. The highest BCUT2D eigenvalue weighted by atomic mass is 79.9. The van der Waals surface area contributed by atoms with E-state index in [0.29, 0.717) is 0 Å². The van der Waals surface area contributed by atoms with Crippen molar-refractivity contribution in [1.82, 2.24) is 10.2 Å². The Kier molecular flexibility index (Phi) is 5.13. The predicted octanol–water partition coefficient (Wildman–Crippen LogP) is 2.43. The fraction of sp³-hybridized carbons (Fsp3) is 0.667. The van der Waals surface area contributed by atoms with E-state index in [1.807, 2.05) is 0 Å². The summed E-state index contributed by atoms with van der Waals surface area (Å²) < 4.78 is 6.79. The Hall–Kier alpha value is 0.350. The first-order chi connectivity index (χ1) is 5.83. The van der Waals surface area contributed by atoms with Gasteiger partial charge in [-0.15, -0.1) is 10.2 Å². The van der Waals surface area contributed by atoms with E-state index in [-0.39, 0.29) is 0 Å². The van der Waals surface area contributed by atoms with Crippen LogP contribution in [0.4, 0.5) is 0 Å². The summed E-state index contributed by atoms with van der Waals surface area (Å²) in [5.74, 6) is 1.04. The molecule has 0 aliphatic heterocycles. The molecule has 0 atom stereocenters. The maximum absolute atomic E-state index is 4.93. The van der Waals surface area contributed by atoms with Gasteiger partial charge in [0.15, 0.2) is 8.26 Å². The molecule has 12 heavy (non-hydrogen) atoms. The van der Waals surface area contributed by atoms with Crippen LogP contribution in [0.15, 0.2) is 8.26 Å². The topological polar surface area (TPSA) is 35.0 Å². The minimum Gasteiger partial charge on any atom is -0.385 e. The van der Waals surface area contributed by atoms with E-state index in [1.165, 1.54) is 0 Å². The lowest BCUT2D eigenvalue weighted by molar-refractivity contribution is 0.200. The van der Waals surface area contributed by atoms with Crippen molar-refractivity contribution in [3.8, 4) is 0 Å². The zero-order valence-electron chi connectivity index (χ0n) is 6.62. The molecule has 1 aromatic rings. The number of thioether (sulfide) groups is 1. The summed E-state index contributed by atoms with van der Waals surface area (Å²) in [6.07, 6.45) is 1.05. The number of methoxy groups -OCH3 is 1. The van der Waals surface area contributed by atoms with Gasteiger partial charge in [0.2, 0.25) is 0 Å². The molecular formula is C6H9BrN2OS2. The van der Waals surface area contributed by atoms with Gasteiger partial charge in [-0.3, -0.25) is 0 Å². The van der Waals surface area contributed by atoms with E-state index < -0.39 is 0 Å². The van der Waals surface area contributed by atoms with Crippen LogP contribution in [0.2, 0.25) is 0 Å². The smallest absolute Gasteiger partial charge is 0.184 e. The lowest BCUT2D eigenvalue weighted by Crippen LogP contribution is -1.89. The van der Waals surface area contributed by atoms with E-state index >= 15 is 0 Å². The van der Waals surface area contributed by atoms with Crippen LogP contribution in [0.25, 0.3) is 0 Å². The number of hydrogen-bond acceptors (Lipinski definition) is 5. The predicted molar refractivity (Wildman–Crippen MR) is 54.8 cm³/mol. The quantitative estimate of drug-likeness (QED) is 0.607. The van der Waals surface area contributed by atoms with Gasteiger partial charge in [-0.1, -0.05) is 23.1 Å². The molecule has 0 bridgehead atoms. The molecule has 68 valence electrons. The van der Waals surface area contributed by atoms with Crippen LogP contribution in [-0.2, 0) is 4.74 Å². The minimum atomic E-state index is 0.812. The van der Waals surface area contributed by atoms with Gasteiger partial charge in [0.05, 0.1) is 0 Å². The Balaban J connectivity index is 2.15. The van der Waals surface area contributed by atoms with Crippen molar-refractivity contribution >= 4 is 39.0 Å². The second kappa shape index (κ2) is 5.90. The fourth-order valence-electron chi connectivity index (χ4n) is 0.614. The van der Waals surface area contributed by atoms with E-state index in [1.54, 1.807) is 30.2 Å². The average Bonchev–Trinajstić information content (AvgIpc) is 2.45. The van der Waals surface area contributed by atoms with Crippen molar-refractivity contribution in [2.75, 3.05) is 19.5 Å². The second-order valence-corrected chi connectivity index (χ2v) is 5.61. The summed E-state index contributed by atoms with van der Waals surface area (Å²) in [5, 5.41) is 7.81. The molecule has 0 fully saturated rings. The Labute approximate surface area is 88.0 Å². The maximum atomic E-state index is 4.93. The van der Waals surface area contributed by atoms with Gasteiger partial charge in [0, 0.05) is 19.5 Å². The monoisotopic (exact) mass is 268 g/mol. The highest BCUT2D eigenvalue weighted by molar-refractivity contribution is 9.11. The summed E-state index contributed by atoms with van der Waals surface area (Å²) in [4.78, 5) is 0. The Morgan fingerprint density at radius 1 is 1.58 bits per heavy atom. The van der Waals surface area contributed by atoms with Crippen LogP contribution in [-0.4, -0.2) is 29.7 Å². The number of hydrogen-bond donors (Lipinski definition) is 0. The Bertz CT molecular complexity index is 231. The molecule has 6 heteroatoms. The molecule has 1 heterocycles. The van der Waals surface area contributed by atoms with Crippen molar-refractivity contribution in [2.45, 2.75) is 10.8 Å². The zero-order valence-corrected chi connectivity index (χ0v) is 9.84. The summed E-state index contributed by atoms with van der Waals surface area (Å²) in [7, 11) is 1.71. The van der Waals surface area contributed by atoms with Crippen LogP contribution in [0.1, 0.15) is 6.42 Å². The molecule has 0 radical (unpaired) electrons. The van der Waals surface area contributed by atoms with Crippen LogP contribution >= 0.6 is 39.0 Å². The van der Waals surface area contributed by atoms with Crippen molar-refractivity contribution in [1.29, 1.82) is 0 Å². The van der Waals surface area contributed by atoms with Gasteiger partial charge in [-0.2, -0.15) is 0 Å². The molecule has 0 saturated carbocycles. The van der Waals surface area contributed by atoms with E-state index in [4.69, 9.17) is 4.74 Å². The number of rotatable bonds is 5. The van der Waals surface area contributed by atoms with Crippen molar-refractivity contribution in [2.24, 2.45) is 0 Å². The van der Waals surface area contributed by atoms with Gasteiger partial charge in [-0.25, -0.2) is 0 Å². The van der Waals surface area contributed by atoms with Gasteiger partial charge in [0.1, 0.15) is 0 Å². The molecule has 0 amide bonds. The molecule has 0 unspecified atom stereocenters. The number of aromatic nitrogens is 2. The number of halogens is 1. The third kappa shape index (κ3) is 3.84. The van der Waals surface area contributed by atoms with Gasteiger partial charge in [-0.05, 0) is 22.4 Å². The Morgan fingerprint density at radius 3 is 3.00 bits per heavy atom. The number of ether oxygens (including phenoxy) is 1. The lowest BCUT2D eigenvalue weighted by Gasteiger charge is -1.95. The highest BCUT2D eigenvalue weighted by Crippen LogP contribution is 2.25. The molecular weight excluding hydrogens is 260 g/mol. The molecule has 0 aliphatic carbocycles. The lowest BCUT2D eigenvalue weighted by atomic mass is 10.5. The molecule has 1 rings (SSSR count). The fourth-order valence-corrected chi connectivity index (χ4v) is 3.04. The number of nitrogens with zero attached hydrogens (tertiary/aromatic N) is 2.